The fourth-order valence-electron chi connectivity index (χ4n) is 2.63. The van der Waals surface area contributed by atoms with Gasteiger partial charge in [0, 0.05) is 12.7 Å². The molecule has 164 valence electrons. The maximum absolute atomic E-state index is 13.1. The van der Waals surface area contributed by atoms with Crippen molar-refractivity contribution in [3.05, 3.63) is 70.4 Å². The van der Waals surface area contributed by atoms with E-state index in [9.17, 15) is 26.4 Å². The first-order valence-corrected chi connectivity index (χ1v) is 11.1. The SMILES string of the molecule is Cc1ccc(N(C)S(=O)(=O)c2ccsc2C(=O)Nc2ccc(OC(F)(F)F)cc2)cc1. The Morgan fingerprint density at radius 2 is 1.65 bits per heavy atom. The molecule has 0 aliphatic carbocycles. The fraction of sp³-hybridized carbons (Fsp3) is 0.150. The van der Waals surface area contributed by atoms with Crippen molar-refractivity contribution >= 4 is 38.6 Å². The fourth-order valence-corrected chi connectivity index (χ4v) is 5.13. The Kier molecular flexibility index (Phi) is 6.27. The van der Waals surface area contributed by atoms with Crippen LogP contribution in [0.4, 0.5) is 24.5 Å². The molecule has 0 saturated carbocycles. The Morgan fingerprint density at radius 3 is 2.23 bits per heavy atom. The predicted molar refractivity (Wildman–Crippen MR) is 112 cm³/mol. The molecule has 0 aliphatic heterocycles. The van der Waals surface area contributed by atoms with Gasteiger partial charge < -0.3 is 10.1 Å². The highest BCUT2D eigenvalue weighted by Gasteiger charge is 2.31. The third kappa shape index (κ3) is 5.36. The van der Waals surface area contributed by atoms with Crippen LogP contribution >= 0.6 is 11.3 Å². The second kappa shape index (κ2) is 8.60. The van der Waals surface area contributed by atoms with Crippen molar-refractivity contribution < 1.29 is 31.1 Å². The average molecular weight is 470 g/mol. The largest absolute Gasteiger partial charge is 0.573 e. The minimum absolute atomic E-state index is 0.0467. The average Bonchev–Trinajstić information content (AvgIpc) is 3.19. The van der Waals surface area contributed by atoms with Gasteiger partial charge in [-0.25, -0.2) is 8.42 Å². The minimum Gasteiger partial charge on any atom is -0.406 e. The number of aryl methyl sites for hydroxylation is 1. The molecule has 2 aromatic carbocycles. The number of hydrogen-bond acceptors (Lipinski definition) is 5. The third-order valence-corrected chi connectivity index (χ3v) is 7.09. The second-order valence-electron chi connectivity index (χ2n) is 6.45. The molecule has 1 heterocycles. The minimum atomic E-state index is -4.82. The van der Waals surface area contributed by atoms with Gasteiger partial charge in [0.2, 0.25) is 0 Å². The normalized spacial score (nSPS) is 11.8. The molecular formula is C20H17F3N2O4S2. The molecule has 0 unspecified atom stereocenters. The van der Waals surface area contributed by atoms with Crippen LogP contribution in [0.2, 0.25) is 0 Å². The summed E-state index contributed by atoms with van der Waals surface area (Å²) in [6.45, 7) is 1.88. The standard InChI is InChI=1S/C20H17F3N2O4S2/c1-13-3-7-15(8-4-13)25(2)31(27,28)17-11-12-30-18(17)19(26)24-14-5-9-16(10-6-14)29-20(21,22)23/h3-12H,1-2H3,(H,24,26). The van der Waals surface area contributed by atoms with Crippen molar-refractivity contribution in [1.82, 2.24) is 0 Å². The zero-order chi connectivity index (χ0) is 22.8. The molecule has 3 rings (SSSR count). The van der Waals surface area contributed by atoms with Crippen LogP contribution in [0, 0.1) is 6.92 Å². The van der Waals surface area contributed by atoms with E-state index in [1.54, 1.807) is 24.3 Å². The van der Waals surface area contributed by atoms with Crippen LogP contribution in [0.1, 0.15) is 15.2 Å². The van der Waals surface area contributed by atoms with Gasteiger partial charge in [-0.15, -0.1) is 24.5 Å². The number of hydrogen-bond donors (Lipinski definition) is 1. The first kappa shape index (κ1) is 22.6. The van der Waals surface area contributed by atoms with Gasteiger partial charge in [-0.2, -0.15) is 0 Å². The third-order valence-electron chi connectivity index (χ3n) is 4.22. The number of alkyl halides is 3. The van der Waals surface area contributed by atoms with Gasteiger partial charge in [0.25, 0.3) is 15.9 Å². The van der Waals surface area contributed by atoms with E-state index in [0.717, 1.165) is 33.3 Å². The molecule has 0 atom stereocenters. The molecule has 0 fully saturated rings. The molecule has 1 N–H and O–H groups in total. The lowest BCUT2D eigenvalue weighted by Gasteiger charge is -2.19. The Bertz CT molecular complexity index is 1170. The maximum atomic E-state index is 13.1. The first-order valence-electron chi connectivity index (χ1n) is 8.77. The highest BCUT2D eigenvalue weighted by Crippen LogP contribution is 2.29. The second-order valence-corrected chi connectivity index (χ2v) is 9.30. The molecule has 1 aromatic heterocycles. The summed E-state index contributed by atoms with van der Waals surface area (Å²) in [6, 6.07) is 12.7. The Hall–Kier alpha value is -3.05. The van der Waals surface area contributed by atoms with E-state index in [0.29, 0.717) is 5.69 Å². The number of sulfonamides is 1. The first-order chi connectivity index (χ1) is 14.5. The number of carbonyl (C=O) groups excluding carboxylic acids is 1. The number of benzene rings is 2. The smallest absolute Gasteiger partial charge is 0.406 e. The molecule has 0 radical (unpaired) electrons. The highest BCUT2D eigenvalue weighted by atomic mass is 32.2. The van der Waals surface area contributed by atoms with E-state index in [4.69, 9.17) is 0 Å². The van der Waals surface area contributed by atoms with E-state index in [-0.39, 0.29) is 15.5 Å². The van der Waals surface area contributed by atoms with Gasteiger partial charge in [0.1, 0.15) is 15.5 Å². The molecule has 0 bridgehead atoms. The van der Waals surface area contributed by atoms with Crippen molar-refractivity contribution in [2.24, 2.45) is 0 Å². The number of halogens is 3. The van der Waals surface area contributed by atoms with Gasteiger partial charge in [0.05, 0.1) is 5.69 Å². The van der Waals surface area contributed by atoms with Crippen molar-refractivity contribution in [3.63, 3.8) is 0 Å². The summed E-state index contributed by atoms with van der Waals surface area (Å²) in [7, 11) is -2.63. The lowest BCUT2D eigenvalue weighted by Crippen LogP contribution is -2.28. The lowest BCUT2D eigenvalue weighted by molar-refractivity contribution is -0.274. The van der Waals surface area contributed by atoms with Crippen molar-refractivity contribution in [1.29, 1.82) is 0 Å². The van der Waals surface area contributed by atoms with Crippen LogP contribution in [0.5, 0.6) is 5.75 Å². The van der Waals surface area contributed by atoms with E-state index >= 15 is 0 Å². The topological polar surface area (TPSA) is 75.7 Å². The lowest BCUT2D eigenvalue weighted by atomic mass is 10.2. The van der Waals surface area contributed by atoms with Crippen LogP contribution < -0.4 is 14.4 Å². The molecule has 0 aliphatic rings. The number of nitrogens with one attached hydrogen (secondary N) is 1. The van der Waals surface area contributed by atoms with Crippen LogP contribution in [0.15, 0.2) is 64.9 Å². The molecule has 1 amide bonds. The molecule has 11 heteroatoms. The van der Waals surface area contributed by atoms with Crippen molar-refractivity contribution in [2.45, 2.75) is 18.2 Å². The number of nitrogens with zero attached hydrogens (tertiary/aromatic N) is 1. The van der Waals surface area contributed by atoms with Gasteiger partial charge in [-0.1, -0.05) is 17.7 Å². The molecular weight excluding hydrogens is 453 g/mol. The molecule has 0 saturated heterocycles. The quantitative estimate of drug-likeness (QED) is 0.548. The van der Waals surface area contributed by atoms with Crippen LogP contribution in [0.3, 0.4) is 0 Å². The van der Waals surface area contributed by atoms with Gasteiger partial charge in [-0.05, 0) is 54.8 Å². The molecule has 31 heavy (non-hydrogen) atoms. The summed E-state index contributed by atoms with van der Waals surface area (Å²) in [6.07, 6.45) is -4.82. The van der Waals surface area contributed by atoms with Gasteiger partial charge >= 0.3 is 6.36 Å². The number of anilines is 2. The van der Waals surface area contributed by atoms with E-state index in [1.165, 1.54) is 30.6 Å². The summed E-state index contributed by atoms with van der Waals surface area (Å²) in [5.74, 6) is -1.14. The zero-order valence-corrected chi connectivity index (χ0v) is 17.9. The van der Waals surface area contributed by atoms with Crippen LogP contribution in [-0.2, 0) is 10.0 Å². The van der Waals surface area contributed by atoms with Crippen molar-refractivity contribution in [3.8, 4) is 5.75 Å². The van der Waals surface area contributed by atoms with E-state index < -0.39 is 28.0 Å². The maximum Gasteiger partial charge on any atom is 0.573 e. The molecule has 6 nitrogen and oxygen atoms in total. The predicted octanol–water partition coefficient (Wildman–Crippen LogP) is 5.03. The summed E-state index contributed by atoms with van der Waals surface area (Å²) in [5.41, 5.74) is 1.59. The summed E-state index contributed by atoms with van der Waals surface area (Å²) in [5, 5.41) is 3.96. The molecule has 0 spiro atoms. The Labute approximate surface area is 180 Å². The van der Waals surface area contributed by atoms with Crippen LogP contribution in [0.25, 0.3) is 0 Å². The van der Waals surface area contributed by atoms with E-state index in [2.05, 4.69) is 10.1 Å². The Balaban J connectivity index is 1.80. The summed E-state index contributed by atoms with van der Waals surface area (Å²) < 4.78 is 67.7. The molecule has 3 aromatic rings. The number of rotatable bonds is 6. The van der Waals surface area contributed by atoms with Crippen LogP contribution in [-0.4, -0.2) is 27.7 Å². The zero-order valence-electron chi connectivity index (χ0n) is 16.3. The monoisotopic (exact) mass is 470 g/mol. The number of amides is 1. The van der Waals surface area contributed by atoms with E-state index in [1.807, 2.05) is 6.92 Å². The van der Waals surface area contributed by atoms with Crippen molar-refractivity contribution in [2.75, 3.05) is 16.7 Å². The number of thiophene rings is 1. The highest BCUT2D eigenvalue weighted by molar-refractivity contribution is 7.93. The Morgan fingerprint density at radius 1 is 1.03 bits per heavy atom. The van der Waals surface area contributed by atoms with Gasteiger partial charge in [-0.3, -0.25) is 9.10 Å². The number of carbonyl (C=O) groups is 1. The summed E-state index contributed by atoms with van der Waals surface area (Å²) in [4.78, 5) is 12.4. The summed E-state index contributed by atoms with van der Waals surface area (Å²) >= 11 is 0.939. The van der Waals surface area contributed by atoms with Gasteiger partial charge in [0.15, 0.2) is 0 Å². The number of ether oxygens (including phenoxy) is 1.